The molecule has 1 fully saturated rings. The monoisotopic (exact) mass is 680 g/mol. The molecule has 0 saturated carbocycles. The predicted octanol–water partition coefficient (Wildman–Crippen LogP) is 7.11. The van der Waals surface area contributed by atoms with Gasteiger partial charge in [0.25, 0.3) is 0 Å². The molecule has 0 bridgehead atoms. The Morgan fingerprint density at radius 3 is 1.28 bits per heavy atom. The van der Waals surface area contributed by atoms with Crippen LogP contribution >= 0.6 is 0 Å². The first-order chi connectivity index (χ1) is 22.1. The summed E-state index contributed by atoms with van der Waals surface area (Å²) in [4.78, 5) is 25.5. The Hall–Kier alpha value is -1.31. The van der Waals surface area contributed by atoms with Crippen LogP contribution in [-0.4, -0.2) is 72.4 Å². The molecule has 0 amide bonds. The smallest absolute Gasteiger partial charge is 0.397 e. The number of hydrogen-bond donors (Lipinski definition) is 3. The minimum Gasteiger partial charge on any atom is -0.455 e. The molecule has 11 nitrogen and oxygen atoms in total. The fourth-order valence-electron chi connectivity index (χ4n) is 5.85. The molecule has 0 unspecified atom stereocenters. The van der Waals surface area contributed by atoms with Gasteiger partial charge in [-0.3, -0.25) is 14.1 Å². The first-order valence-corrected chi connectivity index (χ1v) is 19.5. The summed E-state index contributed by atoms with van der Waals surface area (Å²) in [5.41, 5.74) is 0. The molecule has 46 heavy (non-hydrogen) atoms. The molecule has 1 aliphatic rings. The molecule has 0 radical (unpaired) electrons. The molecule has 272 valence electrons. The van der Waals surface area contributed by atoms with Crippen LogP contribution in [0.1, 0.15) is 168 Å². The number of esters is 2. The van der Waals surface area contributed by atoms with Gasteiger partial charge in [-0.1, -0.05) is 142 Å². The summed E-state index contributed by atoms with van der Waals surface area (Å²) in [5.74, 6) is -1.38. The lowest BCUT2D eigenvalue weighted by atomic mass is 9.98. The molecule has 0 spiro atoms. The van der Waals surface area contributed by atoms with E-state index in [4.69, 9.17) is 18.4 Å². The molecule has 12 heteroatoms. The first kappa shape index (κ1) is 42.7. The van der Waals surface area contributed by atoms with Crippen molar-refractivity contribution in [2.45, 2.75) is 199 Å². The summed E-state index contributed by atoms with van der Waals surface area (Å²) in [5, 5.41) is 20.3. The topological polar surface area (TPSA) is 166 Å². The van der Waals surface area contributed by atoms with Crippen molar-refractivity contribution in [3.8, 4) is 0 Å². The van der Waals surface area contributed by atoms with Crippen LogP contribution in [0.5, 0.6) is 0 Å². The van der Waals surface area contributed by atoms with Crippen molar-refractivity contribution in [1.82, 2.24) is 0 Å². The average molecular weight is 681 g/mol. The van der Waals surface area contributed by atoms with E-state index in [1.165, 1.54) is 77.0 Å². The molecule has 0 aliphatic carbocycles. The Bertz CT molecular complexity index is 882. The van der Waals surface area contributed by atoms with E-state index in [-0.39, 0.29) is 12.8 Å². The minimum absolute atomic E-state index is 0.0201. The Morgan fingerprint density at radius 1 is 0.587 bits per heavy atom. The van der Waals surface area contributed by atoms with Crippen LogP contribution in [0.15, 0.2) is 0 Å². The molecule has 1 saturated heterocycles. The number of ether oxygens (including phenoxy) is 3. The molecule has 1 heterocycles. The van der Waals surface area contributed by atoms with Gasteiger partial charge in [-0.2, -0.15) is 8.42 Å². The van der Waals surface area contributed by atoms with Gasteiger partial charge in [-0.25, -0.2) is 4.18 Å². The van der Waals surface area contributed by atoms with Crippen molar-refractivity contribution in [3.63, 3.8) is 0 Å². The molecule has 3 N–H and O–H groups in total. The second kappa shape index (κ2) is 26.6. The van der Waals surface area contributed by atoms with E-state index in [1.54, 1.807) is 0 Å². The zero-order valence-corrected chi connectivity index (χ0v) is 29.4. The molecule has 1 rings (SSSR count). The van der Waals surface area contributed by atoms with Gasteiger partial charge in [0.2, 0.25) is 0 Å². The van der Waals surface area contributed by atoms with Crippen LogP contribution in [-0.2, 0) is 38.4 Å². The van der Waals surface area contributed by atoms with Crippen molar-refractivity contribution >= 4 is 22.3 Å². The van der Waals surface area contributed by atoms with Crippen molar-refractivity contribution in [1.29, 1.82) is 0 Å². The second-order valence-corrected chi connectivity index (χ2v) is 13.8. The average Bonchev–Trinajstić information content (AvgIpc) is 3.01. The number of carbonyl (C=O) groups is 2. The summed E-state index contributed by atoms with van der Waals surface area (Å²) in [6.45, 7) is 3.59. The van der Waals surface area contributed by atoms with E-state index >= 15 is 0 Å². The van der Waals surface area contributed by atoms with Gasteiger partial charge in [0, 0.05) is 12.8 Å². The molecule has 5 atom stereocenters. The Kier molecular flexibility index (Phi) is 24.7. The van der Waals surface area contributed by atoms with Gasteiger partial charge < -0.3 is 24.4 Å². The number of aliphatic hydroxyl groups is 2. The molecule has 0 aromatic heterocycles. The lowest BCUT2D eigenvalue weighted by Crippen LogP contribution is -2.62. The number of aliphatic hydroxyl groups excluding tert-OH is 2. The maximum atomic E-state index is 12.8. The van der Waals surface area contributed by atoms with Gasteiger partial charge in [-0.05, 0) is 12.8 Å². The third-order valence-corrected chi connectivity index (χ3v) is 8.99. The van der Waals surface area contributed by atoms with E-state index in [1.807, 2.05) is 0 Å². The lowest BCUT2D eigenvalue weighted by Gasteiger charge is -2.42. The molecular formula is C34H64O11S. The quantitative estimate of drug-likeness (QED) is 0.0419. The summed E-state index contributed by atoms with van der Waals surface area (Å²) >= 11 is 0. The second-order valence-electron chi connectivity index (χ2n) is 12.7. The highest BCUT2D eigenvalue weighted by Gasteiger charge is 2.52. The standard InChI is InChI=1S/C34H64O11S/c1-3-5-7-9-11-13-15-17-19-21-23-25-29(36)43-32-31(45-46(39,40)41)28(27-35)42-34(38)33(32)44-30(37)26-24-22-20-18-16-14-12-10-8-6-4-2/h28,31-35,38H,3-27H2,1-2H3,(H,39,40,41)/t28-,31+,32+,33-,34+/m1/s1. The van der Waals surface area contributed by atoms with Gasteiger partial charge in [-0.15, -0.1) is 0 Å². The number of unbranched alkanes of at least 4 members (excludes halogenated alkanes) is 20. The Morgan fingerprint density at radius 2 is 0.935 bits per heavy atom. The summed E-state index contributed by atoms with van der Waals surface area (Å²) in [7, 11) is -5.08. The predicted molar refractivity (Wildman–Crippen MR) is 176 cm³/mol. The van der Waals surface area contributed by atoms with Crippen LogP contribution in [0.2, 0.25) is 0 Å². The van der Waals surface area contributed by atoms with E-state index in [9.17, 15) is 32.8 Å². The first-order valence-electron chi connectivity index (χ1n) is 18.1. The zero-order valence-electron chi connectivity index (χ0n) is 28.6. The third-order valence-electron chi connectivity index (χ3n) is 8.53. The summed E-state index contributed by atoms with van der Waals surface area (Å²) in [6.07, 6.45) is 16.1. The SMILES string of the molecule is CCCCCCCCCCCCCC(=O)O[C@@H]1[C@@H](OC(=O)CCCCCCCCCCCCC)[C@@H](O)O[C@H](CO)[C@@H]1OS(=O)(=O)O. The molecule has 1 aliphatic heterocycles. The van der Waals surface area contributed by atoms with Crippen molar-refractivity contribution < 1.29 is 51.2 Å². The highest BCUT2D eigenvalue weighted by molar-refractivity contribution is 7.80. The van der Waals surface area contributed by atoms with Crippen LogP contribution in [0.25, 0.3) is 0 Å². The van der Waals surface area contributed by atoms with E-state index in [0.717, 1.165) is 51.4 Å². The third kappa shape index (κ3) is 20.8. The highest BCUT2D eigenvalue weighted by atomic mass is 32.3. The number of carbonyl (C=O) groups excluding carboxylic acids is 2. The Labute approximate surface area is 278 Å². The van der Waals surface area contributed by atoms with Crippen molar-refractivity contribution in [3.05, 3.63) is 0 Å². The normalized spacial score (nSPS) is 21.7. The van der Waals surface area contributed by atoms with Crippen LogP contribution in [0, 0.1) is 0 Å². The summed E-state index contributed by atoms with van der Waals surface area (Å²) < 4.78 is 53.4. The van der Waals surface area contributed by atoms with E-state index < -0.39 is 59.7 Å². The minimum atomic E-state index is -5.08. The highest BCUT2D eigenvalue weighted by Crippen LogP contribution is 2.29. The lowest BCUT2D eigenvalue weighted by molar-refractivity contribution is -0.289. The fourth-order valence-corrected chi connectivity index (χ4v) is 6.36. The fraction of sp³-hybridized carbons (Fsp3) is 0.941. The van der Waals surface area contributed by atoms with Gasteiger partial charge in [0.05, 0.1) is 6.61 Å². The number of hydrogen-bond acceptors (Lipinski definition) is 10. The van der Waals surface area contributed by atoms with Crippen LogP contribution < -0.4 is 0 Å². The van der Waals surface area contributed by atoms with Gasteiger partial charge in [0.1, 0.15) is 12.2 Å². The van der Waals surface area contributed by atoms with E-state index in [2.05, 4.69) is 13.8 Å². The van der Waals surface area contributed by atoms with E-state index in [0.29, 0.717) is 12.8 Å². The van der Waals surface area contributed by atoms with Crippen LogP contribution in [0.3, 0.4) is 0 Å². The van der Waals surface area contributed by atoms with Gasteiger partial charge in [0.15, 0.2) is 18.5 Å². The van der Waals surface area contributed by atoms with Crippen molar-refractivity contribution in [2.24, 2.45) is 0 Å². The zero-order chi connectivity index (χ0) is 34.0. The molecule has 0 aromatic carbocycles. The maximum Gasteiger partial charge on any atom is 0.397 e. The molecular weight excluding hydrogens is 616 g/mol. The molecule has 0 aromatic rings. The number of rotatable bonds is 29. The van der Waals surface area contributed by atoms with Gasteiger partial charge >= 0.3 is 22.3 Å². The Balaban J connectivity index is 2.57. The van der Waals surface area contributed by atoms with Crippen molar-refractivity contribution in [2.75, 3.05) is 6.61 Å². The van der Waals surface area contributed by atoms with Crippen LogP contribution in [0.4, 0.5) is 0 Å². The largest absolute Gasteiger partial charge is 0.455 e. The maximum absolute atomic E-state index is 12.8. The summed E-state index contributed by atoms with van der Waals surface area (Å²) in [6, 6.07) is 0.